The maximum atomic E-state index is 14.8. The van der Waals surface area contributed by atoms with Gasteiger partial charge in [0.05, 0.1) is 24.5 Å². The van der Waals surface area contributed by atoms with Gasteiger partial charge in [0.25, 0.3) is 5.91 Å². The summed E-state index contributed by atoms with van der Waals surface area (Å²) in [4.78, 5) is 58.8. The Morgan fingerprint density at radius 3 is 2.55 bits per heavy atom. The number of hydrogen-bond donors (Lipinski definition) is 2. The van der Waals surface area contributed by atoms with Crippen LogP contribution in [0.1, 0.15) is 43.8 Å². The molecule has 10 heteroatoms. The number of nitrogens with zero attached hydrogens (tertiary/aromatic N) is 2. The van der Waals surface area contributed by atoms with Gasteiger partial charge in [-0.15, -0.1) is 13.2 Å². The fraction of sp³-hybridized carbons (Fsp3) is 0.385. The molecule has 6 atom stereocenters. The minimum atomic E-state index is -1.24. The number of ether oxygens (including phenoxy) is 2. The van der Waals surface area contributed by atoms with Crippen molar-refractivity contribution < 1.29 is 33.8 Å². The Hall–Kier alpha value is -4.80. The number of likely N-dealkylation sites (tertiary alicyclic amines) is 1. The average molecular weight is 666 g/mol. The van der Waals surface area contributed by atoms with E-state index in [4.69, 9.17) is 9.47 Å². The first-order chi connectivity index (χ1) is 23.8. The molecule has 3 aliphatic heterocycles. The molecule has 3 heterocycles. The zero-order valence-electron chi connectivity index (χ0n) is 27.5. The molecule has 3 saturated heterocycles. The quantitative estimate of drug-likeness (QED) is 0.181. The first-order valence-electron chi connectivity index (χ1n) is 17.0. The van der Waals surface area contributed by atoms with Gasteiger partial charge in [-0.05, 0) is 54.2 Å². The number of rotatable bonds is 15. The summed E-state index contributed by atoms with van der Waals surface area (Å²) >= 11 is 0. The van der Waals surface area contributed by atoms with Crippen molar-refractivity contribution in [3.8, 4) is 0 Å². The molecule has 3 amide bonds. The summed E-state index contributed by atoms with van der Waals surface area (Å²) < 4.78 is 12.7. The molecule has 0 saturated carbocycles. The van der Waals surface area contributed by atoms with E-state index in [1.54, 1.807) is 17.1 Å². The van der Waals surface area contributed by atoms with Gasteiger partial charge in [-0.3, -0.25) is 19.2 Å². The Kier molecular flexibility index (Phi) is 10.3. The molecule has 0 aromatic heterocycles. The summed E-state index contributed by atoms with van der Waals surface area (Å²) in [6, 6.07) is 21.8. The number of benzene rings is 3. The van der Waals surface area contributed by atoms with E-state index in [1.807, 2.05) is 72.8 Å². The molecule has 3 aromatic rings. The second kappa shape index (κ2) is 14.8. The highest BCUT2D eigenvalue weighted by atomic mass is 16.6. The highest BCUT2D eigenvalue weighted by molar-refractivity contribution is 6.05. The molecule has 2 N–H and O–H groups in total. The Morgan fingerprint density at radius 1 is 1.06 bits per heavy atom. The zero-order chi connectivity index (χ0) is 34.5. The van der Waals surface area contributed by atoms with Crippen LogP contribution in [-0.4, -0.2) is 77.7 Å². The second-order valence-electron chi connectivity index (χ2n) is 12.9. The van der Waals surface area contributed by atoms with Gasteiger partial charge in [0.1, 0.15) is 17.7 Å². The van der Waals surface area contributed by atoms with E-state index in [-0.39, 0.29) is 56.8 Å². The predicted molar refractivity (Wildman–Crippen MR) is 185 cm³/mol. The SMILES string of the molecule is C=CCCC(=O)NC[C@@H](OC(=O)[C@@H]1[C@@H]2CC[C@]3(O2)[C@H](C(=O)N(CC=C)c2ccc4ccccc4c2)N(CCCO)C(=O)[C@@H]13)c1ccccc1. The molecule has 3 aromatic carbocycles. The molecule has 49 heavy (non-hydrogen) atoms. The van der Waals surface area contributed by atoms with E-state index in [0.29, 0.717) is 30.5 Å². The predicted octanol–water partition coefficient (Wildman–Crippen LogP) is 4.48. The minimum Gasteiger partial charge on any atom is -0.455 e. The monoisotopic (exact) mass is 665 g/mol. The lowest BCUT2D eigenvalue weighted by Crippen LogP contribution is -2.56. The lowest BCUT2D eigenvalue weighted by atomic mass is 9.70. The fourth-order valence-electron chi connectivity index (χ4n) is 7.77. The molecule has 1 spiro atoms. The Morgan fingerprint density at radius 2 is 1.82 bits per heavy atom. The van der Waals surface area contributed by atoms with Gasteiger partial charge in [0, 0.05) is 31.8 Å². The third-order valence-corrected chi connectivity index (χ3v) is 9.98. The van der Waals surface area contributed by atoms with Crippen molar-refractivity contribution in [3.05, 3.63) is 104 Å². The maximum Gasteiger partial charge on any atom is 0.313 e. The van der Waals surface area contributed by atoms with Gasteiger partial charge in [-0.1, -0.05) is 72.8 Å². The van der Waals surface area contributed by atoms with Gasteiger partial charge >= 0.3 is 5.97 Å². The van der Waals surface area contributed by atoms with Gasteiger partial charge in [-0.25, -0.2) is 0 Å². The van der Waals surface area contributed by atoms with E-state index in [0.717, 1.165) is 10.8 Å². The van der Waals surface area contributed by atoms with Crippen molar-refractivity contribution in [1.82, 2.24) is 10.2 Å². The third-order valence-electron chi connectivity index (χ3n) is 9.98. The van der Waals surface area contributed by atoms with Crippen LogP contribution in [-0.2, 0) is 28.7 Å². The standard InChI is InChI=1S/C39H43N3O7/c1-3-5-16-32(44)40-25-31(27-13-7-6-8-14-27)48-38(47)33-30-19-20-39(49-30)34(33)36(45)42(22-11-23-43)35(39)37(46)41(21-4-2)29-18-17-26-12-9-10-15-28(26)24-29/h3-4,6-10,12-15,17-18,24,30-31,33-35,43H,1-2,5,11,16,19-23,25H2,(H,40,44)/t30-,31+,33+,34+,35-,39+/m0/s1. The number of allylic oxidation sites excluding steroid dienone is 1. The van der Waals surface area contributed by atoms with Crippen LogP contribution >= 0.6 is 0 Å². The first kappa shape index (κ1) is 34.1. The number of carbonyl (C=O) groups excluding carboxylic acids is 4. The summed E-state index contributed by atoms with van der Waals surface area (Å²) in [5.41, 5.74) is 0.113. The van der Waals surface area contributed by atoms with Gasteiger partial charge < -0.3 is 29.7 Å². The summed E-state index contributed by atoms with van der Waals surface area (Å²) in [5.74, 6) is -3.36. The highest BCUT2D eigenvalue weighted by Crippen LogP contribution is 2.59. The lowest BCUT2D eigenvalue weighted by molar-refractivity contribution is -0.160. The summed E-state index contributed by atoms with van der Waals surface area (Å²) in [6.45, 7) is 7.76. The number of amides is 3. The maximum absolute atomic E-state index is 14.8. The Bertz CT molecular complexity index is 1730. The molecule has 10 nitrogen and oxygen atoms in total. The first-order valence-corrected chi connectivity index (χ1v) is 17.0. The average Bonchev–Trinajstić information content (AvgIpc) is 3.77. The van der Waals surface area contributed by atoms with Crippen LogP contribution in [0.25, 0.3) is 10.8 Å². The molecular formula is C39H43N3O7. The van der Waals surface area contributed by atoms with Crippen LogP contribution in [0.15, 0.2) is 98.1 Å². The molecule has 256 valence electrons. The molecule has 0 aliphatic carbocycles. The van der Waals surface area contributed by atoms with Gasteiger partial charge in [0.2, 0.25) is 11.8 Å². The molecule has 3 aliphatic rings. The van der Waals surface area contributed by atoms with E-state index < -0.39 is 41.7 Å². The van der Waals surface area contributed by atoms with Gasteiger partial charge in [-0.2, -0.15) is 0 Å². The molecular weight excluding hydrogens is 622 g/mol. The van der Waals surface area contributed by atoms with E-state index in [2.05, 4.69) is 18.5 Å². The number of hydrogen-bond acceptors (Lipinski definition) is 7. The second-order valence-corrected chi connectivity index (χ2v) is 12.9. The van der Waals surface area contributed by atoms with Gasteiger partial charge in [0.15, 0.2) is 0 Å². The van der Waals surface area contributed by atoms with Crippen LogP contribution < -0.4 is 10.2 Å². The number of aliphatic hydroxyl groups is 1. The van der Waals surface area contributed by atoms with Crippen molar-refractivity contribution in [2.75, 3.05) is 31.1 Å². The van der Waals surface area contributed by atoms with Crippen molar-refractivity contribution in [1.29, 1.82) is 0 Å². The smallest absolute Gasteiger partial charge is 0.313 e. The summed E-state index contributed by atoms with van der Waals surface area (Å²) in [6.07, 6.45) is 3.84. The van der Waals surface area contributed by atoms with Crippen molar-refractivity contribution >= 4 is 40.2 Å². The highest BCUT2D eigenvalue weighted by Gasteiger charge is 2.75. The van der Waals surface area contributed by atoms with Crippen molar-refractivity contribution in [2.45, 2.75) is 56.0 Å². The topological polar surface area (TPSA) is 125 Å². The van der Waals surface area contributed by atoms with E-state index in [9.17, 15) is 24.3 Å². The van der Waals surface area contributed by atoms with Crippen LogP contribution in [0.2, 0.25) is 0 Å². The number of esters is 1. The molecule has 2 bridgehead atoms. The number of aliphatic hydroxyl groups excluding tert-OH is 1. The Labute approximate surface area is 286 Å². The lowest BCUT2D eigenvalue weighted by Gasteiger charge is -2.36. The molecule has 0 unspecified atom stereocenters. The van der Waals surface area contributed by atoms with E-state index >= 15 is 0 Å². The zero-order valence-corrected chi connectivity index (χ0v) is 27.5. The number of anilines is 1. The van der Waals surface area contributed by atoms with Crippen LogP contribution in [0.4, 0.5) is 5.69 Å². The van der Waals surface area contributed by atoms with Crippen molar-refractivity contribution in [2.24, 2.45) is 11.8 Å². The van der Waals surface area contributed by atoms with Crippen LogP contribution in [0.3, 0.4) is 0 Å². The number of carbonyl (C=O) groups is 4. The minimum absolute atomic E-state index is 0.0553. The Balaban J connectivity index is 1.30. The van der Waals surface area contributed by atoms with Crippen LogP contribution in [0, 0.1) is 11.8 Å². The number of nitrogens with one attached hydrogen (secondary N) is 1. The third kappa shape index (κ3) is 6.50. The fourth-order valence-corrected chi connectivity index (χ4v) is 7.77. The largest absolute Gasteiger partial charge is 0.455 e. The molecule has 6 rings (SSSR count). The van der Waals surface area contributed by atoms with E-state index in [1.165, 1.54) is 4.90 Å². The summed E-state index contributed by atoms with van der Waals surface area (Å²) in [7, 11) is 0. The molecule has 3 fully saturated rings. The molecule has 0 radical (unpaired) electrons. The number of fused-ring (bicyclic) bond motifs is 2. The van der Waals surface area contributed by atoms with Crippen molar-refractivity contribution in [3.63, 3.8) is 0 Å². The van der Waals surface area contributed by atoms with Crippen LogP contribution in [0.5, 0.6) is 0 Å². The summed E-state index contributed by atoms with van der Waals surface area (Å²) in [5, 5.41) is 14.6. The normalized spacial score (nSPS) is 24.3.